The summed E-state index contributed by atoms with van der Waals surface area (Å²) in [4.78, 5) is 0. The zero-order valence-electron chi connectivity index (χ0n) is 19.9. The number of aliphatic hydroxyl groups is 6. The van der Waals surface area contributed by atoms with Crippen LogP contribution in [0.3, 0.4) is 0 Å². The van der Waals surface area contributed by atoms with Crippen molar-refractivity contribution in [2.45, 2.75) is 56.7 Å². The van der Waals surface area contributed by atoms with Crippen molar-refractivity contribution in [2.24, 2.45) is 0 Å². The molecular weight excluding hydrogens is 440 g/mol. The Bertz CT molecular complexity index is 913. The maximum absolute atomic E-state index is 11.8. The average Bonchev–Trinajstić information content (AvgIpc) is 2.82. The van der Waals surface area contributed by atoms with Crippen molar-refractivity contribution in [2.75, 3.05) is 19.8 Å². The number of rotatable bonds is 13. The molecule has 0 heterocycles. The minimum atomic E-state index is -2.59. The third-order valence-corrected chi connectivity index (χ3v) is 5.74. The van der Waals surface area contributed by atoms with Gasteiger partial charge in [0.2, 0.25) is 0 Å². The highest BCUT2D eigenvalue weighted by Crippen LogP contribution is 2.43. The minimum Gasteiger partial charge on any atom is -0.494 e. The van der Waals surface area contributed by atoms with Gasteiger partial charge in [0.1, 0.15) is 41.0 Å². The number of aliphatic hydroxyl groups excluding tert-OH is 4. The van der Waals surface area contributed by atoms with Gasteiger partial charge in [-0.05, 0) is 56.2 Å². The van der Waals surface area contributed by atoms with Crippen LogP contribution in [-0.4, -0.2) is 68.8 Å². The van der Waals surface area contributed by atoms with Crippen molar-refractivity contribution in [1.29, 1.82) is 0 Å². The first kappa shape index (κ1) is 27.8. The largest absolute Gasteiger partial charge is 0.494 e. The lowest BCUT2D eigenvalue weighted by atomic mass is 9.70. The van der Waals surface area contributed by atoms with Gasteiger partial charge < -0.3 is 40.1 Å². The van der Waals surface area contributed by atoms with E-state index < -0.39 is 36.1 Å². The van der Waals surface area contributed by atoms with Gasteiger partial charge in [-0.25, -0.2) is 0 Å². The van der Waals surface area contributed by atoms with E-state index in [0.29, 0.717) is 30.3 Å². The van der Waals surface area contributed by atoms with E-state index in [4.69, 9.17) is 9.47 Å². The van der Waals surface area contributed by atoms with Gasteiger partial charge in [-0.1, -0.05) is 29.8 Å². The molecule has 0 amide bonds. The number of benzene rings is 2. The fourth-order valence-corrected chi connectivity index (χ4v) is 4.06. The lowest BCUT2D eigenvalue weighted by Gasteiger charge is -2.46. The topological polar surface area (TPSA) is 140 Å². The summed E-state index contributed by atoms with van der Waals surface area (Å²) in [6.45, 7) is 9.11. The first-order valence-electron chi connectivity index (χ1n) is 11.2. The summed E-state index contributed by atoms with van der Waals surface area (Å²) in [5.74, 6) is 1.04. The van der Waals surface area contributed by atoms with Gasteiger partial charge in [-0.3, -0.25) is 0 Å². The monoisotopic (exact) mass is 476 g/mol. The highest BCUT2D eigenvalue weighted by Gasteiger charge is 2.56. The summed E-state index contributed by atoms with van der Waals surface area (Å²) < 4.78 is 10.9. The summed E-state index contributed by atoms with van der Waals surface area (Å²) in [6.07, 6.45) is -6.07. The first-order valence-corrected chi connectivity index (χ1v) is 11.2. The molecule has 0 radical (unpaired) electrons. The Morgan fingerprint density at radius 2 is 1.29 bits per heavy atom. The molecule has 0 saturated heterocycles. The van der Waals surface area contributed by atoms with E-state index in [2.05, 4.69) is 6.58 Å². The van der Waals surface area contributed by atoms with Crippen molar-refractivity contribution >= 4 is 0 Å². The molecule has 0 bridgehead atoms. The lowest BCUT2D eigenvalue weighted by molar-refractivity contribution is -0.238. The molecule has 34 heavy (non-hydrogen) atoms. The Labute approximate surface area is 200 Å². The molecule has 2 aromatic rings. The third kappa shape index (κ3) is 5.78. The molecular formula is C26H36O8. The zero-order valence-corrected chi connectivity index (χ0v) is 19.9. The van der Waals surface area contributed by atoms with Crippen LogP contribution >= 0.6 is 0 Å². The normalized spacial score (nSPS) is 17.7. The highest BCUT2D eigenvalue weighted by atomic mass is 16.5. The molecule has 2 rings (SSSR count). The van der Waals surface area contributed by atoms with E-state index in [-0.39, 0.29) is 17.5 Å². The molecule has 0 aliphatic rings. The second kappa shape index (κ2) is 11.8. The van der Waals surface area contributed by atoms with Gasteiger partial charge in [0.25, 0.3) is 0 Å². The number of hydrogen-bond donors (Lipinski definition) is 6. The SMILES string of the molecule is C=C(C)CC(O)(c1ccc(OCC)cc1)[C@@H](O)[C@@](O)(c1ccc(OCC)cc1)[C@H](O)[C@@H](O)CO. The molecule has 8 nitrogen and oxygen atoms in total. The van der Waals surface area contributed by atoms with Gasteiger partial charge in [0, 0.05) is 6.42 Å². The van der Waals surface area contributed by atoms with Crippen LogP contribution in [0.4, 0.5) is 0 Å². The first-order chi connectivity index (χ1) is 16.0. The fraction of sp³-hybridized carbons (Fsp3) is 0.462. The van der Waals surface area contributed by atoms with Gasteiger partial charge in [-0.15, -0.1) is 6.58 Å². The van der Waals surface area contributed by atoms with Gasteiger partial charge >= 0.3 is 0 Å². The molecule has 0 spiro atoms. The summed E-state index contributed by atoms with van der Waals surface area (Å²) >= 11 is 0. The van der Waals surface area contributed by atoms with E-state index in [0.717, 1.165) is 0 Å². The molecule has 6 N–H and O–H groups in total. The number of hydrogen-bond acceptors (Lipinski definition) is 8. The average molecular weight is 477 g/mol. The molecule has 5 atom stereocenters. The van der Waals surface area contributed by atoms with Crippen LogP contribution in [0.15, 0.2) is 60.7 Å². The lowest BCUT2D eigenvalue weighted by Crippen LogP contribution is -2.61. The predicted molar refractivity (Wildman–Crippen MR) is 128 cm³/mol. The third-order valence-electron chi connectivity index (χ3n) is 5.74. The predicted octanol–water partition coefficient (Wildman–Crippen LogP) is 1.60. The molecule has 0 aromatic heterocycles. The van der Waals surface area contributed by atoms with Crippen molar-refractivity contribution in [1.82, 2.24) is 0 Å². The minimum absolute atomic E-state index is 0.00882. The van der Waals surface area contributed by atoms with Gasteiger partial charge in [-0.2, -0.15) is 0 Å². The quantitative estimate of drug-likeness (QED) is 0.240. The summed E-state index contributed by atoms with van der Waals surface area (Å²) in [7, 11) is 0. The van der Waals surface area contributed by atoms with Crippen molar-refractivity contribution in [3.05, 3.63) is 71.8 Å². The van der Waals surface area contributed by atoms with Crippen LogP contribution in [0, 0.1) is 0 Å². The Morgan fingerprint density at radius 1 is 0.853 bits per heavy atom. The van der Waals surface area contributed by atoms with Crippen LogP contribution in [0.2, 0.25) is 0 Å². The van der Waals surface area contributed by atoms with E-state index in [9.17, 15) is 30.6 Å². The maximum atomic E-state index is 11.8. The summed E-state index contributed by atoms with van der Waals surface area (Å²) in [6, 6.07) is 12.2. The van der Waals surface area contributed by atoms with Crippen molar-refractivity contribution in [3.8, 4) is 11.5 Å². The van der Waals surface area contributed by atoms with Crippen molar-refractivity contribution < 1.29 is 40.1 Å². The summed E-state index contributed by atoms with van der Waals surface area (Å²) in [5.41, 5.74) is -3.96. The molecule has 1 unspecified atom stereocenters. The Balaban J connectivity index is 2.65. The van der Waals surface area contributed by atoms with E-state index in [1.807, 2.05) is 13.8 Å². The molecule has 8 heteroatoms. The van der Waals surface area contributed by atoms with E-state index >= 15 is 0 Å². The van der Waals surface area contributed by atoms with E-state index in [1.165, 1.54) is 24.3 Å². The van der Waals surface area contributed by atoms with Crippen LogP contribution in [0.1, 0.15) is 38.3 Å². The second-order valence-electron chi connectivity index (χ2n) is 8.40. The zero-order chi connectivity index (χ0) is 25.5. The summed E-state index contributed by atoms with van der Waals surface area (Å²) in [5, 5.41) is 65.6. The Kier molecular flexibility index (Phi) is 9.64. The molecule has 0 aliphatic carbocycles. The molecule has 0 saturated carbocycles. The smallest absolute Gasteiger partial charge is 0.147 e. The Hall–Kier alpha value is -2.46. The highest BCUT2D eigenvalue weighted by molar-refractivity contribution is 5.38. The molecule has 0 aliphatic heterocycles. The van der Waals surface area contributed by atoms with Crippen LogP contribution in [0.25, 0.3) is 0 Å². The van der Waals surface area contributed by atoms with Crippen LogP contribution in [-0.2, 0) is 11.2 Å². The van der Waals surface area contributed by atoms with E-state index in [1.54, 1.807) is 31.2 Å². The maximum Gasteiger partial charge on any atom is 0.147 e. The van der Waals surface area contributed by atoms with Crippen molar-refractivity contribution in [3.63, 3.8) is 0 Å². The van der Waals surface area contributed by atoms with Gasteiger partial charge in [0.15, 0.2) is 0 Å². The van der Waals surface area contributed by atoms with Crippen LogP contribution < -0.4 is 9.47 Å². The molecule has 188 valence electrons. The standard InChI is InChI=1S/C26H36O8/c1-5-33-20-11-7-18(8-12-20)25(31,15-17(3)4)24(30)26(32,23(29)22(28)16-27)19-9-13-21(14-10-19)34-6-2/h7-14,22-24,27-32H,3,5-6,15-16H2,1-2,4H3/t22-,23+,24+,25?,26+/m0/s1. The fourth-order valence-electron chi connectivity index (χ4n) is 4.06. The molecule has 2 aromatic carbocycles. The second-order valence-corrected chi connectivity index (χ2v) is 8.40. The Morgan fingerprint density at radius 3 is 1.68 bits per heavy atom. The molecule has 0 fully saturated rings. The van der Waals surface area contributed by atoms with Gasteiger partial charge in [0.05, 0.1) is 19.8 Å². The van der Waals surface area contributed by atoms with Crippen LogP contribution in [0.5, 0.6) is 11.5 Å². The number of ether oxygens (including phenoxy) is 2.